The maximum atomic E-state index is 12.7. The molecule has 0 amide bonds. The van der Waals surface area contributed by atoms with Crippen molar-refractivity contribution in [3.8, 4) is 0 Å². The molecule has 0 aromatic carbocycles. The Morgan fingerprint density at radius 3 is 2.45 bits per heavy atom. The van der Waals surface area contributed by atoms with Gasteiger partial charge in [-0.2, -0.15) is 0 Å². The predicted octanol–water partition coefficient (Wildman–Crippen LogP) is 1.56. The molecule has 1 saturated heterocycles. The minimum atomic E-state index is -2.20. The van der Waals surface area contributed by atoms with E-state index in [0.29, 0.717) is 0 Å². The van der Waals surface area contributed by atoms with Crippen LogP contribution in [0.3, 0.4) is 0 Å². The molecule has 0 bridgehead atoms. The van der Waals surface area contributed by atoms with E-state index in [0.717, 1.165) is 12.5 Å². The Morgan fingerprint density at radius 1 is 1.28 bits per heavy atom. The zero-order chi connectivity index (χ0) is 22.1. The number of rotatable bonds is 3. The molecule has 8 nitrogen and oxygen atoms in total. The van der Waals surface area contributed by atoms with E-state index < -0.39 is 53.5 Å². The van der Waals surface area contributed by atoms with Crippen LogP contribution in [-0.4, -0.2) is 52.7 Å². The van der Waals surface area contributed by atoms with Crippen molar-refractivity contribution in [2.24, 2.45) is 5.92 Å². The summed E-state index contributed by atoms with van der Waals surface area (Å²) in [5.74, 6) is -3.87. The van der Waals surface area contributed by atoms with Gasteiger partial charge in [0.1, 0.15) is 6.10 Å². The van der Waals surface area contributed by atoms with E-state index in [1.54, 1.807) is 13.0 Å². The molecule has 8 heteroatoms. The number of ether oxygens (including phenoxy) is 3. The minimum Gasteiger partial charge on any atom is -0.458 e. The zero-order valence-electron chi connectivity index (χ0n) is 17.0. The summed E-state index contributed by atoms with van der Waals surface area (Å²) in [6, 6.07) is 0. The Balaban J connectivity index is 2.67. The molecule has 0 radical (unpaired) electrons. The highest BCUT2D eigenvalue weighted by Crippen LogP contribution is 2.40. The molecule has 1 heterocycles. The molecule has 1 aliphatic carbocycles. The van der Waals surface area contributed by atoms with Crippen LogP contribution in [0.25, 0.3) is 0 Å². The van der Waals surface area contributed by atoms with Crippen LogP contribution < -0.4 is 0 Å². The van der Waals surface area contributed by atoms with Crippen molar-refractivity contribution in [3.63, 3.8) is 0 Å². The number of carbonyl (C=O) groups excluding carboxylic acids is 4. The lowest BCUT2D eigenvalue weighted by Crippen LogP contribution is -2.58. The smallest absolute Gasteiger partial charge is 0.334 e. The second-order valence-corrected chi connectivity index (χ2v) is 7.70. The highest BCUT2D eigenvalue weighted by molar-refractivity contribution is 5.92. The van der Waals surface area contributed by atoms with Crippen LogP contribution >= 0.6 is 0 Å². The summed E-state index contributed by atoms with van der Waals surface area (Å²) >= 11 is 0. The summed E-state index contributed by atoms with van der Waals surface area (Å²) in [7, 11) is 0. The molecule has 0 aromatic rings. The number of hydrogen-bond donors (Lipinski definition) is 1. The number of ketones is 1. The van der Waals surface area contributed by atoms with Crippen LogP contribution in [0.15, 0.2) is 36.0 Å². The fourth-order valence-electron chi connectivity index (χ4n) is 3.49. The van der Waals surface area contributed by atoms with Crippen LogP contribution in [0.2, 0.25) is 0 Å². The maximum absolute atomic E-state index is 12.7. The van der Waals surface area contributed by atoms with Gasteiger partial charge in [-0.25, -0.2) is 9.59 Å². The monoisotopic (exact) mass is 406 g/mol. The molecule has 158 valence electrons. The van der Waals surface area contributed by atoms with Gasteiger partial charge >= 0.3 is 17.9 Å². The fourth-order valence-corrected chi connectivity index (χ4v) is 3.49. The van der Waals surface area contributed by atoms with E-state index in [1.807, 2.05) is 0 Å². The van der Waals surface area contributed by atoms with Crippen LogP contribution in [0.4, 0.5) is 0 Å². The van der Waals surface area contributed by atoms with Gasteiger partial charge in [0.25, 0.3) is 0 Å². The SMILES string of the molecule is C=C(C)C(=O)O[C@H]1[C@H]2C(=C)C(=O)O[C@@H]2CC(C)=CCC(=O)[C@](C)(O)[C@@H]1OC(C)=O. The van der Waals surface area contributed by atoms with Crippen LogP contribution in [0, 0.1) is 5.92 Å². The largest absolute Gasteiger partial charge is 0.458 e. The summed E-state index contributed by atoms with van der Waals surface area (Å²) < 4.78 is 16.2. The summed E-state index contributed by atoms with van der Waals surface area (Å²) in [4.78, 5) is 49.1. The Hall–Kier alpha value is -2.74. The number of Topliss-reactive ketones (excluding diaryl/α,β-unsaturated/α-hetero) is 1. The van der Waals surface area contributed by atoms with Crippen molar-refractivity contribution in [1.29, 1.82) is 0 Å². The van der Waals surface area contributed by atoms with Gasteiger partial charge in [-0.05, 0) is 20.8 Å². The summed E-state index contributed by atoms with van der Waals surface area (Å²) in [6.45, 7) is 12.7. The first-order valence-electron chi connectivity index (χ1n) is 9.21. The van der Waals surface area contributed by atoms with E-state index >= 15 is 0 Å². The van der Waals surface area contributed by atoms with E-state index in [4.69, 9.17) is 14.2 Å². The molecule has 2 rings (SSSR count). The van der Waals surface area contributed by atoms with Crippen molar-refractivity contribution in [2.75, 3.05) is 0 Å². The Morgan fingerprint density at radius 2 is 1.90 bits per heavy atom. The van der Waals surface area contributed by atoms with Gasteiger partial charge in [-0.15, -0.1) is 0 Å². The first-order valence-corrected chi connectivity index (χ1v) is 9.21. The van der Waals surface area contributed by atoms with Crippen LogP contribution in [-0.2, 0) is 33.4 Å². The second-order valence-electron chi connectivity index (χ2n) is 7.70. The molecule has 1 fully saturated rings. The quantitative estimate of drug-likeness (QED) is 0.325. The first-order chi connectivity index (χ1) is 13.4. The van der Waals surface area contributed by atoms with Gasteiger partial charge in [0.2, 0.25) is 0 Å². The Labute approximate surface area is 169 Å². The molecular weight excluding hydrogens is 380 g/mol. The molecule has 29 heavy (non-hydrogen) atoms. The third-order valence-electron chi connectivity index (χ3n) is 5.14. The molecule has 0 spiro atoms. The average Bonchev–Trinajstić information content (AvgIpc) is 2.88. The summed E-state index contributed by atoms with van der Waals surface area (Å²) in [5.41, 5.74) is -1.39. The van der Waals surface area contributed by atoms with Crippen molar-refractivity contribution >= 4 is 23.7 Å². The number of carbonyl (C=O) groups is 4. The van der Waals surface area contributed by atoms with Crippen molar-refractivity contribution in [1.82, 2.24) is 0 Å². The van der Waals surface area contributed by atoms with Gasteiger partial charge in [0.15, 0.2) is 23.6 Å². The molecule has 0 unspecified atom stereocenters. The minimum absolute atomic E-state index is 0.00305. The number of esters is 3. The normalized spacial score (nSPS) is 32.6. The summed E-state index contributed by atoms with van der Waals surface area (Å²) in [5, 5.41) is 11.0. The molecule has 5 atom stereocenters. The van der Waals surface area contributed by atoms with Gasteiger partial charge in [0, 0.05) is 30.9 Å². The Kier molecular flexibility index (Phi) is 6.47. The maximum Gasteiger partial charge on any atom is 0.334 e. The molecule has 1 N–H and O–H groups in total. The topological polar surface area (TPSA) is 116 Å². The van der Waals surface area contributed by atoms with E-state index in [9.17, 15) is 24.3 Å². The van der Waals surface area contributed by atoms with E-state index in [1.165, 1.54) is 13.8 Å². The van der Waals surface area contributed by atoms with E-state index in [2.05, 4.69) is 13.2 Å². The van der Waals surface area contributed by atoms with Gasteiger partial charge in [-0.1, -0.05) is 24.8 Å². The van der Waals surface area contributed by atoms with Gasteiger partial charge < -0.3 is 19.3 Å². The standard InChI is InChI=1S/C21H26O8/c1-10(2)19(24)29-17-16-12(4)20(25)28-14(16)9-11(3)7-8-15(23)21(6,26)18(17)27-13(5)22/h7,14,16-18,26H,1,4,8-9H2,2-3,5-6H3/t14-,16+,17+,18-,21+/m1/s1. The van der Waals surface area contributed by atoms with Crippen molar-refractivity contribution in [2.45, 2.75) is 64.4 Å². The number of allylic oxidation sites excluding steroid dienone is 1. The fraction of sp³-hybridized carbons (Fsp3) is 0.524. The van der Waals surface area contributed by atoms with E-state index in [-0.39, 0.29) is 24.0 Å². The average molecular weight is 406 g/mol. The molecule has 0 saturated carbocycles. The first kappa shape index (κ1) is 22.5. The highest BCUT2D eigenvalue weighted by Gasteiger charge is 2.55. The zero-order valence-corrected chi connectivity index (χ0v) is 17.0. The lowest BCUT2D eigenvalue weighted by atomic mass is 9.77. The third-order valence-corrected chi connectivity index (χ3v) is 5.14. The number of aliphatic hydroxyl groups is 1. The lowest BCUT2D eigenvalue weighted by Gasteiger charge is -2.39. The molecule has 2 aliphatic rings. The molecule has 0 aromatic heterocycles. The second kappa shape index (κ2) is 8.32. The predicted molar refractivity (Wildman–Crippen MR) is 101 cm³/mol. The third kappa shape index (κ3) is 4.64. The number of hydrogen-bond acceptors (Lipinski definition) is 8. The highest BCUT2D eigenvalue weighted by atomic mass is 16.6. The molecule has 1 aliphatic heterocycles. The number of fused-ring (bicyclic) bond motifs is 1. The van der Waals surface area contributed by atoms with Crippen LogP contribution in [0.1, 0.15) is 40.5 Å². The van der Waals surface area contributed by atoms with Crippen LogP contribution in [0.5, 0.6) is 0 Å². The summed E-state index contributed by atoms with van der Waals surface area (Å²) in [6.07, 6.45) is -1.99. The molecular formula is C21H26O8. The van der Waals surface area contributed by atoms with Gasteiger partial charge in [-0.3, -0.25) is 9.59 Å². The van der Waals surface area contributed by atoms with Crippen molar-refractivity contribution < 1.29 is 38.5 Å². The van der Waals surface area contributed by atoms with Crippen molar-refractivity contribution in [3.05, 3.63) is 36.0 Å². The lowest BCUT2D eigenvalue weighted by molar-refractivity contribution is -0.195. The Bertz CT molecular complexity index is 803. The van der Waals surface area contributed by atoms with Gasteiger partial charge in [0.05, 0.1) is 5.92 Å².